The van der Waals surface area contributed by atoms with Crippen LogP contribution in [0.25, 0.3) is 0 Å². The fourth-order valence-corrected chi connectivity index (χ4v) is 2.42. The second-order valence-electron chi connectivity index (χ2n) is 5.07. The van der Waals surface area contributed by atoms with Crippen LogP contribution in [0.1, 0.15) is 17.5 Å². The molecule has 0 unspecified atom stereocenters. The third-order valence-electron chi connectivity index (χ3n) is 3.50. The van der Waals surface area contributed by atoms with E-state index in [9.17, 15) is 4.79 Å². The molecule has 0 fully saturated rings. The highest BCUT2D eigenvalue weighted by Gasteiger charge is 2.07. The minimum atomic E-state index is -0.0423. The molecule has 0 saturated carbocycles. The minimum Gasteiger partial charge on any atom is -0.383 e. The number of hydrogen-bond donors (Lipinski definition) is 2. The number of aryl methyl sites for hydroxylation is 1. The van der Waals surface area contributed by atoms with Gasteiger partial charge in [0.05, 0.1) is 15.7 Å². The van der Waals surface area contributed by atoms with Crippen molar-refractivity contribution in [3.05, 3.63) is 57.6 Å². The summed E-state index contributed by atoms with van der Waals surface area (Å²) in [4.78, 5) is 12.0. The largest absolute Gasteiger partial charge is 0.383 e. The molecule has 3 nitrogen and oxygen atoms in total. The van der Waals surface area contributed by atoms with Crippen LogP contribution in [0, 0.1) is 13.8 Å². The number of anilines is 2. The Morgan fingerprint density at radius 1 is 1.05 bits per heavy atom. The van der Waals surface area contributed by atoms with Gasteiger partial charge in [-0.2, -0.15) is 0 Å². The van der Waals surface area contributed by atoms with Gasteiger partial charge in [0.15, 0.2) is 0 Å². The first-order valence-corrected chi connectivity index (χ1v) is 7.78. The Bertz CT molecular complexity index is 686. The van der Waals surface area contributed by atoms with Crippen LogP contribution in [-0.2, 0) is 4.79 Å². The van der Waals surface area contributed by atoms with Crippen LogP contribution in [-0.4, -0.2) is 12.5 Å². The second-order valence-corrected chi connectivity index (χ2v) is 5.86. The highest BCUT2D eigenvalue weighted by atomic mass is 35.5. The normalized spacial score (nSPS) is 10.4. The number of carbonyl (C=O) groups is 1. The van der Waals surface area contributed by atoms with Crippen molar-refractivity contribution in [1.82, 2.24) is 0 Å². The molecule has 22 heavy (non-hydrogen) atoms. The van der Waals surface area contributed by atoms with Crippen molar-refractivity contribution >= 4 is 40.5 Å². The molecule has 0 aliphatic carbocycles. The van der Waals surface area contributed by atoms with Crippen molar-refractivity contribution in [3.8, 4) is 0 Å². The van der Waals surface area contributed by atoms with E-state index < -0.39 is 0 Å². The zero-order chi connectivity index (χ0) is 16.1. The fourth-order valence-electron chi connectivity index (χ4n) is 2.05. The first-order chi connectivity index (χ1) is 10.5. The predicted molar refractivity (Wildman–Crippen MR) is 94.1 cm³/mol. The molecule has 2 N–H and O–H groups in total. The summed E-state index contributed by atoms with van der Waals surface area (Å²) in [5.74, 6) is -0.0423. The third-order valence-corrected chi connectivity index (χ3v) is 4.32. The summed E-state index contributed by atoms with van der Waals surface area (Å²) < 4.78 is 0. The van der Waals surface area contributed by atoms with Gasteiger partial charge in [-0.05, 0) is 43.2 Å². The van der Waals surface area contributed by atoms with Gasteiger partial charge in [-0.1, -0.05) is 41.4 Å². The van der Waals surface area contributed by atoms with Crippen LogP contribution in [0.3, 0.4) is 0 Å². The van der Waals surface area contributed by atoms with Gasteiger partial charge in [0.25, 0.3) is 0 Å². The third kappa shape index (κ3) is 4.15. The maximum Gasteiger partial charge on any atom is 0.226 e. The van der Waals surface area contributed by atoms with E-state index in [0.29, 0.717) is 23.0 Å². The molecule has 0 aliphatic heterocycles. The Labute approximate surface area is 140 Å². The summed E-state index contributed by atoms with van der Waals surface area (Å²) in [7, 11) is 0. The molecular formula is C17H18Cl2N2O. The molecule has 0 saturated heterocycles. The highest BCUT2D eigenvalue weighted by molar-refractivity contribution is 6.43. The first-order valence-electron chi connectivity index (χ1n) is 7.03. The molecule has 116 valence electrons. The molecule has 0 aromatic heterocycles. The zero-order valence-electron chi connectivity index (χ0n) is 12.5. The molecule has 0 heterocycles. The maximum atomic E-state index is 12.0. The summed E-state index contributed by atoms with van der Waals surface area (Å²) in [6.07, 6.45) is 0.343. The van der Waals surface area contributed by atoms with Crippen LogP contribution in [0.15, 0.2) is 36.4 Å². The van der Waals surface area contributed by atoms with E-state index in [4.69, 9.17) is 23.2 Å². The van der Waals surface area contributed by atoms with Gasteiger partial charge in [-0.15, -0.1) is 0 Å². The van der Waals surface area contributed by atoms with E-state index in [1.54, 1.807) is 6.07 Å². The number of nitrogens with one attached hydrogen (secondary N) is 2. The van der Waals surface area contributed by atoms with E-state index in [1.165, 1.54) is 0 Å². The predicted octanol–water partition coefficient (Wildman–Crippen LogP) is 5.05. The molecule has 1 amide bonds. The summed E-state index contributed by atoms with van der Waals surface area (Å²) in [6, 6.07) is 11.2. The highest BCUT2D eigenvalue weighted by Crippen LogP contribution is 2.29. The molecule has 0 radical (unpaired) electrons. The number of hydrogen-bond acceptors (Lipinski definition) is 2. The van der Waals surface area contributed by atoms with Crippen LogP contribution in [0.5, 0.6) is 0 Å². The quantitative estimate of drug-likeness (QED) is 0.801. The minimum absolute atomic E-state index is 0.0423. The first kappa shape index (κ1) is 16.7. The summed E-state index contributed by atoms with van der Waals surface area (Å²) in [5, 5.41) is 7.01. The van der Waals surface area contributed by atoms with E-state index in [1.807, 2.05) is 44.2 Å². The van der Waals surface area contributed by atoms with E-state index in [0.717, 1.165) is 22.5 Å². The summed E-state index contributed by atoms with van der Waals surface area (Å²) in [5.41, 5.74) is 3.82. The van der Waals surface area contributed by atoms with Crippen LogP contribution in [0.2, 0.25) is 10.0 Å². The molecule has 5 heteroatoms. The lowest BCUT2D eigenvalue weighted by molar-refractivity contribution is -0.115. The smallest absolute Gasteiger partial charge is 0.226 e. The van der Waals surface area contributed by atoms with Gasteiger partial charge < -0.3 is 10.6 Å². The molecule has 0 aliphatic rings. The van der Waals surface area contributed by atoms with E-state index >= 15 is 0 Å². The van der Waals surface area contributed by atoms with Crippen molar-refractivity contribution in [2.24, 2.45) is 0 Å². The SMILES string of the molecule is Cc1cccc(NC(=O)CCNc2cccc(Cl)c2Cl)c1C. The Morgan fingerprint density at radius 3 is 2.50 bits per heavy atom. The summed E-state index contributed by atoms with van der Waals surface area (Å²) in [6.45, 7) is 4.50. The van der Waals surface area contributed by atoms with Gasteiger partial charge in [0, 0.05) is 18.7 Å². The van der Waals surface area contributed by atoms with Crippen molar-refractivity contribution in [2.75, 3.05) is 17.2 Å². The average Bonchev–Trinajstić information content (AvgIpc) is 2.48. The van der Waals surface area contributed by atoms with Crippen LogP contribution in [0.4, 0.5) is 11.4 Å². The van der Waals surface area contributed by atoms with Crippen molar-refractivity contribution < 1.29 is 4.79 Å². The van der Waals surface area contributed by atoms with Crippen molar-refractivity contribution in [1.29, 1.82) is 0 Å². The average molecular weight is 337 g/mol. The number of halogens is 2. The topological polar surface area (TPSA) is 41.1 Å². The fraction of sp³-hybridized carbons (Fsp3) is 0.235. The summed E-state index contributed by atoms with van der Waals surface area (Å²) >= 11 is 12.0. The van der Waals surface area contributed by atoms with Gasteiger partial charge in [-0.3, -0.25) is 4.79 Å². The lowest BCUT2D eigenvalue weighted by atomic mass is 10.1. The lowest BCUT2D eigenvalue weighted by Crippen LogP contribution is -2.17. The second kappa shape index (κ2) is 7.52. The maximum absolute atomic E-state index is 12.0. The number of carbonyl (C=O) groups excluding carboxylic acids is 1. The van der Waals surface area contributed by atoms with Crippen molar-refractivity contribution in [3.63, 3.8) is 0 Å². The molecule has 2 rings (SSSR count). The van der Waals surface area contributed by atoms with Crippen LogP contribution >= 0.6 is 23.2 Å². The van der Waals surface area contributed by atoms with Gasteiger partial charge in [0.1, 0.15) is 0 Å². The molecular weight excluding hydrogens is 319 g/mol. The molecule has 0 spiro atoms. The lowest BCUT2D eigenvalue weighted by Gasteiger charge is -2.12. The Kier molecular flexibility index (Phi) is 5.69. The molecule has 0 atom stereocenters. The Morgan fingerprint density at radius 2 is 1.73 bits per heavy atom. The Hall–Kier alpha value is -1.71. The monoisotopic (exact) mass is 336 g/mol. The Balaban J connectivity index is 1.88. The number of benzene rings is 2. The van der Waals surface area contributed by atoms with Crippen LogP contribution < -0.4 is 10.6 Å². The van der Waals surface area contributed by atoms with Gasteiger partial charge in [0.2, 0.25) is 5.91 Å². The molecule has 0 bridgehead atoms. The zero-order valence-corrected chi connectivity index (χ0v) is 14.1. The molecule has 2 aromatic carbocycles. The molecule has 2 aromatic rings. The number of rotatable bonds is 5. The van der Waals surface area contributed by atoms with Gasteiger partial charge >= 0.3 is 0 Å². The number of amides is 1. The van der Waals surface area contributed by atoms with E-state index in [2.05, 4.69) is 10.6 Å². The standard InChI is InChI=1S/C17H18Cl2N2O/c1-11-5-3-7-14(12(11)2)21-16(22)9-10-20-15-8-4-6-13(18)17(15)19/h3-8,20H,9-10H2,1-2H3,(H,21,22). The van der Waals surface area contributed by atoms with Gasteiger partial charge in [-0.25, -0.2) is 0 Å². The van der Waals surface area contributed by atoms with Crippen molar-refractivity contribution in [2.45, 2.75) is 20.3 Å². The van der Waals surface area contributed by atoms with E-state index in [-0.39, 0.29) is 5.91 Å².